The number of amides is 1. The number of carbonyl (C=O) groups is 1. The number of anilines is 1. The molecular weight excluding hydrogens is 298 g/mol. The second kappa shape index (κ2) is 6.77. The van der Waals surface area contributed by atoms with Crippen molar-refractivity contribution in [2.24, 2.45) is 0 Å². The van der Waals surface area contributed by atoms with E-state index < -0.39 is 11.7 Å². The van der Waals surface area contributed by atoms with E-state index in [2.05, 4.69) is 5.32 Å². The summed E-state index contributed by atoms with van der Waals surface area (Å²) in [6.45, 7) is 1.40. The molecule has 1 unspecified atom stereocenters. The molecule has 2 aromatic rings. The van der Waals surface area contributed by atoms with Crippen LogP contribution in [-0.2, 0) is 0 Å². The number of nitrogens with one attached hydrogen (secondary N) is 1. The number of carbonyl (C=O) groups excluding carboxylic acids is 1. The maximum Gasteiger partial charge on any atom is 0.254 e. The first kappa shape index (κ1) is 15.5. The van der Waals surface area contributed by atoms with Gasteiger partial charge < -0.3 is 10.2 Å². The van der Waals surface area contributed by atoms with Gasteiger partial charge in [-0.1, -0.05) is 18.2 Å². The van der Waals surface area contributed by atoms with E-state index in [9.17, 15) is 13.6 Å². The Hall–Kier alpha value is -2.43. The lowest BCUT2D eigenvalue weighted by molar-refractivity contribution is 0.0929. The minimum absolute atomic E-state index is 0.0513. The van der Waals surface area contributed by atoms with Crippen LogP contribution < -0.4 is 10.2 Å². The van der Waals surface area contributed by atoms with Crippen molar-refractivity contribution in [3.05, 3.63) is 65.7 Å². The minimum atomic E-state index is -0.525. The summed E-state index contributed by atoms with van der Waals surface area (Å²) in [6, 6.07) is 12.3. The normalized spacial score (nSPS) is 17.8. The first-order valence-corrected chi connectivity index (χ1v) is 7.69. The third-order valence-electron chi connectivity index (χ3n) is 4.05. The highest BCUT2D eigenvalue weighted by Crippen LogP contribution is 2.21. The topological polar surface area (TPSA) is 32.3 Å². The minimum Gasteiger partial charge on any atom is -0.369 e. The van der Waals surface area contributed by atoms with E-state index in [0.717, 1.165) is 25.1 Å². The molecule has 0 saturated carbocycles. The summed E-state index contributed by atoms with van der Waals surface area (Å²) in [5.74, 6) is -1.21. The van der Waals surface area contributed by atoms with Crippen LogP contribution in [0.25, 0.3) is 0 Å². The number of hydrogen-bond donors (Lipinski definition) is 1. The number of halogens is 2. The van der Waals surface area contributed by atoms with Crippen molar-refractivity contribution in [2.75, 3.05) is 18.0 Å². The van der Waals surface area contributed by atoms with Crippen LogP contribution in [0, 0.1) is 11.6 Å². The van der Waals surface area contributed by atoms with E-state index in [-0.39, 0.29) is 17.4 Å². The molecule has 1 heterocycles. The molecule has 23 heavy (non-hydrogen) atoms. The first-order valence-electron chi connectivity index (χ1n) is 7.69. The van der Waals surface area contributed by atoms with Crippen LogP contribution in [0.2, 0.25) is 0 Å². The summed E-state index contributed by atoms with van der Waals surface area (Å²) < 4.78 is 27.0. The summed E-state index contributed by atoms with van der Waals surface area (Å²) in [4.78, 5) is 14.2. The van der Waals surface area contributed by atoms with Crippen LogP contribution in [0.3, 0.4) is 0 Å². The van der Waals surface area contributed by atoms with Crippen LogP contribution in [0.5, 0.6) is 0 Å². The molecule has 1 saturated heterocycles. The smallest absolute Gasteiger partial charge is 0.254 e. The average Bonchev–Trinajstić information content (AvgIpc) is 2.55. The van der Waals surface area contributed by atoms with E-state index >= 15 is 0 Å². The molecule has 0 radical (unpaired) electrons. The molecule has 1 N–H and O–H groups in total. The van der Waals surface area contributed by atoms with Gasteiger partial charge in [-0.05, 0) is 43.2 Å². The van der Waals surface area contributed by atoms with Crippen LogP contribution >= 0.6 is 0 Å². The standard InChI is InChI=1S/C18H18F2N2O/c19-13-5-3-7-15(11-13)22-10-4-6-14(12-22)21-18(23)16-8-1-2-9-17(16)20/h1-3,5,7-9,11,14H,4,6,10,12H2,(H,21,23). The van der Waals surface area contributed by atoms with Gasteiger partial charge in [0, 0.05) is 24.8 Å². The second-order valence-corrected chi connectivity index (χ2v) is 5.72. The van der Waals surface area contributed by atoms with E-state index in [4.69, 9.17) is 0 Å². The highest BCUT2D eigenvalue weighted by atomic mass is 19.1. The van der Waals surface area contributed by atoms with Crippen molar-refractivity contribution in [1.82, 2.24) is 5.32 Å². The summed E-state index contributed by atoms with van der Waals surface area (Å²) >= 11 is 0. The van der Waals surface area contributed by atoms with Gasteiger partial charge in [-0.3, -0.25) is 4.79 Å². The zero-order chi connectivity index (χ0) is 16.2. The summed E-state index contributed by atoms with van der Waals surface area (Å²) in [6.07, 6.45) is 1.71. The molecule has 0 aliphatic carbocycles. The molecule has 3 rings (SSSR count). The van der Waals surface area contributed by atoms with E-state index in [1.807, 2.05) is 11.0 Å². The molecule has 0 spiro atoms. The Morgan fingerprint density at radius 3 is 2.74 bits per heavy atom. The largest absolute Gasteiger partial charge is 0.369 e. The average molecular weight is 316 g/mol. The highest BCUT2D eigenvalue weighted by molar-refractivity contribution is 5.94. The maximum atomic E-state index is 13.7. The number of hydrogen-bond acceptors (Lipinski definition) is 2. The van der Waals surface area contributed by atoms with Crippen molar-refractivity contribution in [1.29, 1.82) is 0 Å². The van der Waals surface area contributed by atoms with Gasteiger partial charge in [-0.15, -0.1) is 0 Å². The fourth-order valence-electron chi connectivity index (χ4n) is 2.91. The molecule has 0 aromatic heterocycles. The van der Waals surface area contributed by atoms with Crippen molar-refractivity contribution in [2.45, 2.75) is 18.9 Å². The Balaban J connectivity index is 1.67. The number of benzene rings is 2. The molecule has 1 aliphatic rings. The van der Waals surface area contributed by atoms with Crippen LogP contribution in [0.1, 0.15) is 23.2 Å². The maximum absolute atomic E-state index is 13.7. The van der Waals surface area contributed by atoms with Gasteiger partial charge in [0.25, 0.3) is 5.91 Å². The number of nitrogens with zero attached hydrogens (tertiary/aromatic N) is 1. The summed E-state index contributed by atoms with van der Waals surface area (Å²) in [5.41, 5.74) is 0.852. The third kappa shape index (κ3) is 3.67. The zero-order valence-corrected chi connectivity index (χ0v) is 12.6. The zero-order valence-electron chi connectivity index (χ0n) is 12.6. The van der Waals surface area contributed by atoms with Gasteiger partial charge in [-0.2, -0.15) is 0 Å². The molecule has 0 bridgehead atoms. The fourth-order valence-corrected chi connectivity index (χ4v) is 2.91. The molecule has 1 atom stereocenters. The van der Waals surface area contributed by atoms with Crippen molar-refractivity contribution < 1.29 is 13.6 Å². The predicted octanol–water partition coefficient (Wildman–Crippen LogP) is 3.36. The second-order valence-electron chi connectivity index (χ2n) is 5.72. The molecule has 5 heteroatoms. The first-order chi connectivity index (χ1) is 11.1. The fraction of sp³-hybridized carbons (Fsp3) is 0.278. The van der Waals surface area contributed by atoms with Crippen molar-refractivity contribution >= 4 is 11.6 Å². The summed E-state index contributed by atoms with van der Waals surface area (Å²) in [5, 5.41) is 2.88. The molecule has 1 amide bonds. The van der Waals surface area contributed by atoms with Gasteiger partial charge in [-0.25, -0.2) is 8.78 Å². The van der Waals surface area contributed by atoms with Crippen LogP contribution in [-0.4, -0.2) is 25.0 Å². The van der Waals surface area contributed by atoms with Crippen LogP contribution in [0.4, 0.5) is 14.5 Å². The molecule has 3 nitrogen and oxygen atoms in total. The van der Waals surface area contributed by atoms with Gasteiger partial charge in [0.05, 0.1) is 5.56 Å². The van der Waals surface area contributed by atoms with Crippen molar-refractivity contribution in [3.8, 4) is 0 Å². The molecule has 1 aliphatic heterocycles. The SMILES string of the molecule is O=C(NC1CCCN(c2cccc(F)c2)C1)c1ccccc1F. The lowest BCUT2D eigenvalue weighted by Gasteiger charge is -2.34. The van der Waals surface area contributed by atoms with Crippen LogP contribution in [0.15, 0.2) is 48.5 Å². The predicted molar refractivity (Wildman–Crippen MR) is 85.5 cm³/mol. The Morgan fingerprint density at radius 1 is 1.13 bits per heavy atom. The van der Waals surface area contributed by atoms with Gasteiger partial charge in [0.2, 0.25) is 0 Å². The number of rotatable bonds is 3. The molecular formula is C18H18F2N2O. The third-order valence-corrected chi connectivity index (χ3v) is 4.05. The monoisotopic (exact) mass is 316 g/mol. The quantitative estimate of drug-likeness (QED) is 0.942. The van der Waals surface area contributed by atoms with Crippen molar-refractivity contribution in [3.63, 3.8) is 0 Å². The lowest BCUT2D eigenvalue weighted by atomic mass is 10.0. The van der Waals surface area contributed by atoms with Gasteiger partial charge >= 0.3 is 0 Å². The Bertz CT molecular complexity index is 705. The highest BCUT2D eigenvalue weighted by Gasteiger charge is 2.23. The molecule has 1 fully saturated rings. The molecule has 2 aromatic carbocycles. The van der Waals surface area contributed by atoms with E-state index in [1.165, 1.54) is 24.3 Å². The van der Waals surface area contributed by atoms with E-state index in [0.29, 0.717) is 6.54 Å². The lowest BCUT2D eigenvalue weighted by Crippen LogP contribution is -2.48. The summed E-state index contributed by atoms with van der Waals surface area (Å²) in [7, 11) is 0. The number of piperidine rings is 1. The Kier molecular flexibility index (Phi) is 4.55. The Labute approximate surface area is 133 Å². The molecule has 120 valence electrons. The van der Waals surface area contributed by atoms with Gasteiger partial charge in [0.1, 0.15) is 11.6 Å². The van der Waals surface area contributed by atoms with Gasteiger partial charge in [0.15, 0.2) is 0 Å². The van der Waals surface area contributed by atoms with E-state index in [1.54, 1.807) is 18.2 Å². The Morgan fingerprint density at radius 2 is 1.96 bits per heavy atom.